The lowest BCUT2D eigenvalue weighted by Gasteiger charge is -2.07. The molecule has 0 radical (unpaired) electrons. The third-order valence-electron chi connectivity index (χ3n) is 2.15. The summed E-state index contributed by atoms with van der Waals surface area (Å²) in [5, 5.41) is 0.0798. The van der Waals surface area contributed by atoms with Gasteiger partial charge in [-0.2, -0.15) is 0 Å². The maximum Gasteiger partial charge on any atom is 0.263 e. The normalized spacial score (nSPS) is 11.3. The quantitative estimate of drug-likeness (QED) is 0.663. The van der Waals surface area contributed by atoms with Crippen molar-refractivity contribution < 1.29 is 12.8 Å². The maximum absolute atomic E-state index is 13.2. The molecule has 0 unspecified atom stereocenters. The van der Waals surface area contributed by atoms with Crippen molar-refractivity contribution in [3.05, 3.63) is 41.6 Å². The van der Waals surface area contributed by atoms with E-state index in [1.165, 1.54) is 12.1 Å². The van der Waals surface area contributed by atoms with E-state index in [1.54, 1.807) is 0 Å². The van der Waals surface area contributed by atoms with Crippen LogP contribution in [0.1, 0.15) is 0 Å². The van der Waals surface area contributed by atoms with Gasteiger partial charge in [0, 0.05) is 6.07 Å². The Bertz CT molecular complexity index is 723. The van der Waals surface area contributed by atoms with Crippen LogP contribution in [-0.2, 0) is 10.0 Å². The molecule has 100 valence electrons. The minimum atomic E-state index is -3.96. The minimum absolute atomic E-state index is 0.0165. The number of rotatable bonds is 3. The van der Waals surface area contributed by atoms with Gasteiger partial charge in [0.05, 0.1) is 10.6 Å². The third kappa shape index (κ3) is 3.09. The number of anilines is 2. The second-order valence-corrected chi connectivity index (χ2v) is 5.58. The Kier molecular flexibility index (Phi) is 3.54. The average Bonchev–Trinajstić information content (AvgIpc) is 2.32. The van der Waals surface area contributed by atoms with Crippen LogP contribution in [0.5, 0.6) is 0 Å². The van der Waals surface area contributed by atoms with Crippen LogP contribution in [0, 0.1) is 5.82 Å². The van der Waals surface area contributed by atoms with Crippen molar-refractivity contribution in [3.63, 3.8) is 0 Å². The number of aromatic nitrogens is 2. The van der Waals surface area contributed by atoms with Gasteiger partial charge in [0.1, 0.15) is 23.1 Å². The molecule has 0 saturated heterocycles. The summed E-state index contributed by atoms with van der Waals surface area (Å²) in [7, 11) is -3.96. The summed E-state index contributed by atoms with van der Waals surface area (Å²) >= 11 is 5.60. The lowest BCUT2D eigenvalue weighted by atomic mass is 10.3. The number of benzene rings is 1. The zero-order valence-electron chi connectivity index (χ0n) is 9.34. The third-order valence-corrected chi connectivity index (χ3v) is 3.71. The Balaban J connectivity index is 2.35. The number of sulfonamides is 1. The molecule has 6 nitrogen and oxygen atoms in total. The summed E-state index contributed by atoms with van der Waals surface area (Å²) in [4.78, 5) is 7.03. The molecule has 3 N–H and O–H groups in total. The number of nitrogens with two attached hydrogens (primary N) is 1. The van der Waals surface area contributed by atoms with Crippen LogP contribution in [0.4, 0.5) is 15.9 Å². The van der Waals surface area contributed by atoms with Crippen LogP contribution < -0.4 is 10.5 Å². The fourth-order valence-electron chi connectivity index (χ4n) is 1.26. The first-order valence-electron chi connectivity index (χ1n) is 4.94. The van der Waals surface area contributed by atoms with E-state index in [2.05, 4.69) is 14.7 Å². The molecular weight excluding hydrogens is 295 g/mol. The number of halogens is 2. The number of hydrogen-bond acceptors (Lipinski definition) is 5. The molecule has 2 rings (SSSR count). The van der Waals surface area contributed by atoms with E-state index in [-0.39, 0.29) is 21.6 Å². The Morgan fingerprint density at radius 2 is 2.00 bits per heavy atom. The van der Waals surface area contributed by atoms with Gasteiger partial charge in [-0.1, -0.05) is 11.6 Å². The molecule has 1 heterocycles. The predicted octanol–water partition coefficient (Wildman–Crippen LogP) is 1.65. The van der Waals surface area contributed by atoms with E-state index in [0.717, 1.165) is 18.5 Å². The number of nitrogens with one attached hydrogen (secondary N) is 1. The molecule has 0 aliphatic heterocycles. The van der Waals surface area contributed by atoms with E-state index >= 15 is 0 Å². The van der Waals surface area contributed by atoms with Crippen LogP contribution >= 0.6 is 11.6 Å². The van der Waals surface area contributed by atoms with Gasteiger partial charge in [-0.3, -0.25) is 4.72 Å². The molecule has 0 bridgehead atoms. The standard InChI is InChI=1S/C10H8ClFN4O2S/c11-9-4-10(15-5-14-9)16-19(17,18)6-1-2-8(13)7(12)3-6/h1-5H,13H2,(H,14,15,16). The molecule has 2 aromatic rings. The first kappa shape index (κ1) is 13.5. The van der Waals surface area contributed by atoms with Gasteiger partial charge < -0.3 is 5.73 Å². The summed E-state index contributed by atoms with van der Waals surface area (Å²) in [6, 6.07) is 4.40. The second kappa shape index (κ2) is 4.98. The van der Waals surface area contributed by atoms with E-state index < -0.39 is 15.8 Å². The van der Waals surface area contributed by atoms with Crippen molar-refractivity contribution in [1.29, 1.82) is 0 Å². The first-order valence-corrected chi connectivity index (χ1v) is 6.80. The van der Waals surface area contributed by atoms with Crippen LogP contribution in [0.15, 0.2) is 35.5 Å². The number of nitrogen functional groups attached to an aromatic ring is 1. The van der Waals surface area contributed by atoms with Crippen LogP contribution in [0.2, 0.25) is 5.15 Å². The van der Waals surface area contributed by atoms with Gasteiger partial charge in [0.2, 0.25) is 0 Å². The van der Waals surface area contributed by atoms with Crippen molar-refractivity contribution in [3.8, 4) is 0 Å². The first-order chi connectivity index (χ1) is 8.88. The highest BCUT2D eigenvalue weighted by molar-refractivity contribution is 7.92. The fraction of sp³-hybridized carbons (Fsp3) is 0. The van der Waals surface area contributed by atoms with E-state index in [9.17, 15) is 12.8 Å². The van der Waals surface area contributed by atoms with Gasteiger partial charge >= 0.3 is 0 Å². The molecular formula is C10H8ClFN4O2S. The molecule has 0 aliphatic rings. The minimum Gasteiger partial charge on any atom is -0.396 e. The predicted molar refractivity (Wildman–Crippen MR) is 68.7 cm³/mol. The molecule has 0 atom stereocenters. The van der Waals surface area contributed by atoms with Gasteiger partial charge in [-0.25, -0.2) is 22.8 Å². The molecule has 0 aliphatic carbocycles. The summed E-state index contributed by atoms with van der Waals surface area (Å²) in [5.41, 5.74) is 5.14. The number of hydrogen-bond donors (Lipinski definition) is 2. The van der Waals surface area contributed by atoms with E-state index in [1.807, 2.05) is 0 Å². The second-order valence-electron chi connectivity index (χ2n) is 3.51. The lowest BCUT2D eigenvalue weighted by Crippen LogP contribution is -2.14. The number of nitrogens with zero attached hydrogens (tertiary/aromatic N) is 2. The highest BCUT2D eigenvalue weighted by atomic mass is 35.5. The van der Waals surface area contributed by atoms with Crippen molar-refractivity contribution in [2.45, 2.75) is 4.90 Å². The van der Waals surface area contributed by atoms with Crippen LogP contribution in [0.3, 0.4) is 0 Å². The Morgan fingerprint density at radius 3 is 2.63 bits per heavy atom. The topological polar surface area (TPSA) is 98.0 Å². The molecule has 0 spiro atoms. The van der Waals surface area contributed by atoms with E-state index in [4.69, 9.17) is 17.3 Å². The fourth-order valence-corrected chi connectivity index (χ4v) is 2.42. The Labute approximate surface area is 113 Å². The van der Waals surface area contributed by atoms with Gasteiger partial charge in [0.15, 0.2) is 0 Å². The van der Waals surface area contributed by atoms with Crippen LogP contribution in [0.25, 0.3) is 0 Å². The monoisotopic (exact) mass is 302 g/mol. The summed E-state index contributed by atoms with van der Waals surface area (Å²) in [6.45, 7) is 0. The Hall–Kier alpha value is -1.93. The van der Waals surface area contributed by atoms with Gasteiger partial charge in [0.25, 0.3) is 10.0 Å². The van der Waals surface area contributed by atoms with Crippen LogP contribution in [-0.4, -0.2) is 18.4 Å². The largest absolute Gasteiger partial charge is 0.396 e. The molecule has 1 aromatic carbocycles. The van der Waals surface area contributed by atoms with E-state index in [0.29, 0.717) is 0 Å². The van der Waals surface area contributed by atoms with Crippen molar-refractivity contribution in [1.82, 2.24) is 9.97 Å². The summed E-state index contributed by atoms with van der Waals surface area (Å²) in [5.74, 6) is -0.833. The molecule has 0 saturated carbocycles. The van der Waals surface area contributed by atoms with Crippen molar-refractivity contribution >= 4 is 33.1 Å². The molecule has 19 heavy (non-hydrogen) atoms. The Morgan fingerprint density at radius 1 is 1.26 bits per heavy atom. The summed E-state index contributed by atoms with van der Waals surface area (Å²) < 4.78 is 39.3. The SMILES string of the molecule is Nc1ccc(S(=O)(=O)Nc2cc(Cl)ncn2)cc1F. The molecule has 0 fully saturated rings. The highest BCUT2D eigenvalue weighted by Gasteiger charge is 2.16. The smallest absolute Gasteiger partial charge is 0.263 e. The zero-order valence-corrected chi connectivity index (χ0v) is 10.9. The average molecular weight is 303 g/mol. The van der Waals surface area contributed by atoms with Crippen molar-refractivity contribution in [2.75, 3.05) is 10.5 Å². The van der Waals surface area contributed by atoms with Gasteiger partial charge in [-0.05, 0) is 18.2 Å². The maximum atomic E-state index is 13.2. The molecule has 0 amide bonds. The molecule has 1 aromatic heterocycles. The van der Waals surface area contributed by atoms with Gasteiger partial charge in [-0.15, -0.1) is 0 Å². The molecule has 9 heteroatoms. The summed E-state index contributed by atoms with van der Waals surface area (Å²) in [6.07, 6.45) is 1.10. The van der Waals surface area contributed by atoms with Crippen molar-refractivity contribution in [2.24, 2.45) is 0 Å². The zero-order chi connectivity index (χ0) is 14.0. The highest BCUT2D eigenvalue weighted by Crippen LogP contribution is 2.19. The lowest BCUT2D eigenvalue weighted by molar-refractivity contribution is 0.596.